The third-order valence-electron chi connectivity index (χ3n) is 1.80. The average Bonchev–Trinajstić information content (AvgIpc) is 2.31. The molecule has 0 N–H and O–H groups in total. The lowest BCUT2D eigenvalue weighted by Crippen LogP contribution is -1.95. The number of hydrogen-bond acceptors (Lipinski definition) is 3. The van der Waals surface area contributed by atoms with Crippen molar-refractivity contribution in [2.75, 3.05) is 0 Å². The van der Waals surface area contributed by atoms with Crippen molar-refractivity contribution in [3.63, 3.8) is 0 Å². The molecule has 0 aliphatic rings. The van der Waals surface area contributed by atoms with E-state index in [0.717, 1.165) is 30.1 Å². The van der Waals surface area contributed by atoms with Gasteiger partial charge in [0.05, 0.1) is 5.69 Å². The molecule has 72 valence electrons. The minimum Gasteiger partial charge on any atom is -0.446 e. The van der Waals surface area contributed by atoms with Crippen molar-refractivity contribution in [1.82, 2.24) is 4.98 Å². The van der Waals surface area contributed by atoms with E-state index in [4.69, 9.17) is 4.42 Å². The molecule has 0 bridgehead atoms. The molecule has 0 spiro atoms. The fourth-order valence-corrected chi connectivity index (χ4v) is 1.19. The van der Waals surface area contributed by atoms with E-state index in [2.05, 4.69) is 18.8 Å². The SMILES string of the molecule is Cc1oc(CC(C)C)nc1CC=O. The van der Waals surface area contributed by atoms with Gasteiger partial charge in [0.25, 0.3) is 0 Å². The summed E-state index contributed by atoms with van der Waals surface area (Å²) >= 11 is 0. The van der Waals surface area contributed by atoms with Crippen molar-refractivity contribution >= 4 is 6.29 Å². The van der Waals surface area contributed by atoms with Crippen LogP contribution in [0.2, 0.25) is 0 Å². The molecule has 1 aromatic heterocycles. The summed E-state index contributed by atoms with van der Waals surface area (Å²) in [7, 11) is 0. The zero-order chi connectivity index (χ0) is 9.84. The van der Waals surface area contributed by atoms with Gasteiger partial charge in [-0.3, -0.25) is 0 Å². The van der Waals surface area contributed by atoms with Crippen molar-refractivity contribution < 1.29 is 9.21 Å². The third kappa shape index (κ3) is 2.68. The predicted octanol–water partition coefficient (Wildman–Crippen LogP) is 1.92. The van der Waals surface area contributed by atoms with E-state index in [1.165, 1.54) is 0 Å². The summed E-state index contributed by atoms with van der Waals surface area (Å²) in [5.41, 5.74) is 0.769. The molecule has 0 atom stereocenters. The number of aryl methyl sites for hydroxylation is 1. The summed E-state index contributed by atoms with van der Waals surface area (Å²) in [5, 5.41) is 0. The first kappa shape index (κ1) is 9.96. The largest absolute Gasteiger partial charge is 0.446 e. The van der Waals surface area contributed by atoms with Crippen LogP contribution in [0, 0.1) is 12.8 Å². The Morgan fingerprint density at radius 1 is 1.54 bits per heavy atom. The minimum absolute atomic E-state index is 0.355. The first-order valence-electron chi connectivity index (χ1n) is 4.52. The van der Waals surface area contributed by atoms with Gasteiger partial charge >= 0.3 is 0 Å². The second-order valence-corrected chi connectivity index (χ2v) is 3.58. The Morgan fingerprint density at radius 2 is 2.23 bits per heavy atom. The van der Waals surface area contributed by atoms with Gasteiger partial charge in [-0.1, -0.05) is 13.8 Å². The molecule has 0 saturated heterocycles. The van der Waals surface area contributed by atoms with Crippen LogP contribution in [0.25, 0.3) is 0 Å². The zero-order valence-electron chi connectivity index (χ0n) is 8.33. The Kier molecular flexibility index (Phi) is 3.23. The van der Waals surface area contributed by atoms with Crippen LogP contribution in [0.15, 0.2) is 4.42 Å². The highest BCUT2D eigenvalue weighted by Crippen LogP contribution is 2.13. The number of carbonyl (C=O) groups is 1. The zero-order valence-corrected chi connectivity index (χ0v) is 8.33. The van der Waals surface area contributed by atoms with Crippen molar-refractivity contribution in [1.29, 1.82) is 0 Å². The average molecular weight is 181 g/mol. The summed E-state index contributed by atoms with van der Waals surface area (Å²) in [6.45, 7) is 6.06. The minimum atomic E-state index is 0.355. The molecule has 0 aromatic carbocycles. The second kappa shape index (κ2) is 4.21. The number of oxazole rings is 1. The van der Waals surface area contributed by atoms with E-state index in [0.29, 0.717) is 12.3 Å². The maximum Gasteiger partial charge on any atom is 0.194 e. The summed E-state index contributed by atoms with van der Waals surface area (Å²) in [5.74, 6) is 2.04. The van der Waals surface area contributed by atoms with Gasteiger partial charge in [0.15, 0.2) is 5.89 Å². The topological polar surface area (TPSA) is 43.1 Å². The van der Waals surface area contributed by atoms with Gasteiger partial charge in [0.1, 0.15) is 12.0 Å². The molecule has 3 nitrogen and oxygen atoms in total. The molecular weight excluding hydrogens is 166 g/mol. The molecule has 0 unspecified atom stereocenters. The van der Waals surface area contributed by atoms with Gasteiger partial charge in [-0.25, -0.2) is 4.98 Å². The van der Waals surface area contributed by atoms with Crippen LogP contribution in [0.1, 0.15) is 31.2 Å². The van der Waals surface area contributed by atoms with Gasteiger partial charge in [0, 0.05) is 12.8 Å². The molecule has 0 amide bonds. The number of aromatic nitrogens is 1. The van der Waals surface area contributed by atoms with E-state index in [-0.39, 0.29) is 0 Å². The van der Waals surface area contributed by atoms with Crippen LogP contribution in [-0.4, -0.2) is 11.3 Å². The second-order valence-electron chi connectivity index (χ2n) is 3.58. The van der Waals surface area contributed by atoms with Crippen LogP contribution in [0.5, 0.6) is 0 Å². The molecule has 0 fully saturated rings. The normalized spacial score (nSPS) is 10.8. The lowest BCUT2D eigenvalue weighted by Gasteiger charge is -1.97. The monoisotopic (exact) mass is 181 g/mol. The van der Waals surface area contributed by atoms with E-state index in [9.17, 15) is 4.79 Å². The Labute approximate surface area is 78.2 Å². The number of rotatable bonds is 4. The highest BCUT2D eigenvalue weighted by atomic mass is 16.4. The fraction of sp³-hybridized carbons (Fsp3) is 0.600. The fourth-order valence-electron chi connectivity index (χ4n) is 1.19. The quantitative estimate of drug-likeness (QED) is 0.666. The van der Waals surface area contributed by atoms with Gasteiger partial charge in [0.2, 0.25) is 0 Å². The van der Waals surface area contributed by atoms with Gasteiger partial charge in [-0.2, -0.15) is 0 Å². The molecule has 0 aliphatic carbocycles. The van der Waals surface area contributed by atoms with Crippen LogP contribution in [-0.2, 0) is 17.6 Å². The predicted molar refractivity (Wildman–Crippen MR) is 49.6 cm³/mol. The highest BCUT2D eigenvalue weighted by Gasteiger charge is 2.09. The molecule has 13 heavy (non-hydrogen) atoms. The Morgan fingerprint density at radius 3 is 2.77 bits per heavy atom. The van der Waals surface area contributed by atoms with E-state index in [1.807, 2.05) is 6.92 Å². The van der Waals surface area contributed by atoms with Crippen molar-refractivity contribution in [2.45, 2.75) is 33.6 Å². The van der Waals surface area contributed by atoms with Crippen LogP contribution >= 0.6 is 0 Å². The van der Waals surface area contributed by atoms with Gasteiger partial charge in [-0.15, -0.1) is 0 Å². The number of aldehydes is 1. The van der Waals surface area contributed by atoms with Gasteiger partial charge in [-0.05, 0) is 12.8 Å². The van der Waals surface area contributed by atoms with Crippen molar-refractivity contribution in [2.24, 2.45) is 5.92 Å². The summed E-state index contributed by atoms with van der Waals surface area (Å²) in [6.07, 6.45) is 2.04. The Balaban J connectivity index is 2.75. The number of nitrogens with zero attached hydrogens (tertiary/aromatic N) is 1. The van der Waals surface area contributed by atoms with Crippen LogP contribution in [0.3, 0.4) is 0 Å². The lowest BCUT2D eigenvalue weighted by molar-refractivity contribution is -0.107. The first-order chi connectivity index (χ1) is 6.13. The summed E-state index contributed by atoms with van der Waals surface area (Å²) in [6, 6.07) is 0. The number of hydrogen-bond donors (Lipinski definition) is 0. The molecule has 0 aliphatic heterocycles. The molecule has 0 radical (unpaired) electrons. The Bertz CT molecular complexity index is 289. The molecular formula is C10H15NO2. The first-order valence-corrected chi connectivity index (χ1v) is 4.52. The summed E-state index contributed by atoms with van der Waals surface area (Å²) in [4.78, 5) is 14.5. The van der Waals surface area contributed by atoms with Gasteiger partial charge < -0.3 is 9.21 Å². The highest BCUT2D eigenvalue weighted by molar-refractivity contribution is 5.54. The van der Waals surface area contributed by atoms with Crippen LogP contribution in [0.4, 0.5) is 0 Å². The number of carbonyl (C=O) groups excluding carboxylic acids is 1. The standard InChI is InChI=1S/C10H15NO2/c1-7(2)6-10-11-9(4-5-12)8(3)13-10/h5,7H,4,6H2,1-3H3. The van der Waals surface area contributed by atoms with Crippen molar-refractivity contribution in [3.8, 4) is 0 Å². The molecule has 1 heterocycles. The Hall–Kier alpha value is -1.12. The third-order valence-corrected chi connectivity index (χ3v) is 1.80. The van der Waals surface area contributed by atoms with E-state index in [1.54, 1.807) is 0 Å². The maximum absolute atomic E-state index is 10.3. The molecule has 1 rings (SSSR count). The van der Waals surface area contributed by atoms with E-state index >= 15 is 0 Å². The maximum atomic E-state index is 10.3. The lowest BCUT2D eigenvalue weighted by atomic mass is 10.1. The molecule has 0 saturated carbocycles. The van der Waals surface area contributed by atoms with Crippen LogP contribution < -0.4 is 0 Å². The van der Waals surface area contributed by atoms with E-state index < -0.39 is 0 Å². The molecule has 1 aromatic rings. The summed E-state index contributed by atoms with van der Waals surface area (Å²) < 4.78 is 5.41. The smallest absolute Gasteiger partial charge is 0.194 e. The van der Waals surface area contributed by atoms with Crippen molar-refractivity contribution in [3.05, 3.63) is 17.3 Å². The molecule has 3 heteroatoms.